The Morgan fingerprint density at radius 3 is 2.40 bits per heavy atom. The maximum atomic E-state index is 11.6. The highest BCUT2D eigenvalue weighted by molar-refractivity contribution is 8.00. The lowest BCUT2D eigenvalue weighted by molar-refractivity contribution is -0.119. The third-order valence-corrected chi connectivity index (χ3v) is 3.91. The molecule has 4 heteroatoms. The van der Waals surface area contributed by atoms with Crippen molar-refractivity contribution in [3.05, 3.63) is 29.8 Å². The number of hydrogen-bond donors (Lipinski definition) is 2. The highest BCUT2D eigenvalue weighted by Crippen LogP contribution is 2.21. The van der Waals surface area contributed by atoms with E-state index in [0.29, 0.717) is 11.8 Å². The molecule has 1 atom stereocenters. The van der Waals surface area contributed by atoms with Gasteiger partial charge in [-0.1, -0.05) is 19.1 Å². The molecule has 0 saturated heterocycles. The lowest BCUT2D eigenvalue weighted by atomic mass is 10.1. The molecule has 0 saturated carbocycles. The van der Waals surface area contributed by atoms with E-state index in [1.807, 2.05) is 13.8 Å². The molecular weight excluding hydrogens is 268 g/mol. The zero-order valence-corrected chi connectivity index (χ0v) is 13.7. The van der Waals surface area contributed by atoms with Crippen molar-refractivity contribution in [3.8, 4) is 0 Å². The number of rotatable bonds is 8. The van der Waals surface area contributed by atoms with Crippen LogP contribution in [0.15, 0.2) is 29.2 Å². The average molecular weight is 294 g/mol. The Morgan fingerprint density at radius 2 is 1.85 bits per heavy atom. The standard InChI is InChI=1S/C16H26N2OS/c1-5-10-17-13(4)14-6-8-15(9-7-14)20-11-16(19)18-12(2)3/h6-9,12-13,17H,5,10-11H2,1-4H3,(H,18,19). The van der Waals surface area contributed by atoms with Gasteiger partial charge in [0.15, 0.2) is 0 Å². The summed E-state index contributed by atoms with van der Waals surface area (Å²) in [6, 6.07) is 9.03. The van der Waals surface area contributed by atoms with Gasteiger partial charge in [-0.25, -0.2) is 0 Å². The van der Waals surface area contributed by atoms with Crippen LogP contribution in [0.5, 0.6) is 0 Å². The summed E-state index contributed by atoms with van der Waals surface area (Å²) in [6.07, 6.45) is 1.14. The lowest BCUT2D eigenvalue weighted by Gasteiger charge is -2.14. The molecule has 0 heterocycles. The van der Waals surface area contributed by atoms with E-state index in [1.54, 1.807) is 11.8 Å². The van der Waals surface area contributed by atoms with Crippen LogP contribution in [0.2, 0.25) is 0 Å². The van der Waals surface area contributed by atoms with Crippen molar-refractivity contribution in [2.75, 3.05) is 12.3 Å². The fraction of sp³-hybridized carbons (Fsp3) is 0.562. The molecule has 0 spiro atoms. The molecule has 0 aromatic heterocycles. The monoisotopic (exact) mass is 294 g/mol. The number of carbonyl (C=O) groups is 1. The summed E-state index contributed by atoms with van der Waals surface area (Å²) >= 11 is 1.58. The molecule has 1 aromatic carbocycles. The third kappa shape index (κ3) is 6.44. The fourth-order valence-corrected chi connectivity index (χ4v) is 2.55. The quantitative estimate of drug-likeness (QED) is 0.722. The molecule has 1 amide bonds. The van der Waals surface area contributed by atoms with Crippen molar-refractivity contribution in [1.29, 1.82) is 0 Å². The van der Waals surface area contributed by atoms with Gasteiger partial charge in [0.05, 0.1) is 5.75 Å². The summed E-state index contributed by atoms with van der Waals surface area (Å²) in [5.74, 6) is 0.563. The molecule has 0 aliphatic heterocycles. The number of carbonyl (C=O) groups excluding carboxylic acids is 1. The van der Waals surface area contributed by atoms with Gasteiger partial charge in [-0.2, -0.15) is 0 Å². The Morgan fingerprint density at radius 1 is 1.20 bits per heavy atom. The minimum absolute atomic E-state index is 0.0899. The highest BCUT2D eigenvalue weighted by Gasteiger charge is 2.06. The number of benzene rings is 1. The van der Waals surface area contributed by atoms with Crippen molar-refractivity contribution in [2.45, 2.75) is 51.1 Å². The molecule has 1 unspecified atom stereocenters. The molecule has 0 aliphatic rings. The van der Waals surface area contributed by atoms with Crippen LogP contribution in [-0.4, -0.2) is 24.2 Å². The third-order valence-electron chi connectivity index (χ3n) is 2.90. The largest absolute Gasteiger partial charge is 0.353 e. The van der Waals surface area contributed by atoms with E-state index in [4.69, 9.17) is 0 Å². The first-order valence-electron chi connectivity index (χ1n) is 7.28. The van der Waals surface area contributed by atoms with E-state index in [0.717, 1.165) is 17.9 Å². The molecule has 0 radical (unpaired) electrons. The van der Waals surface area contributed by atoms with Gasteiger partial charge in [0.2, 0.25) is 5.91 Å². The van der Waals surface area contributed by atoms with E-state index in [-0.39, 0.29) is 11.9 Å². The second-order valence-electron chi connectivity index (χ2n) is 5.26. The molecule has 112 valence electrons. The van der Waals surface area contributed by atoms with Gasteiger partial charge in [-0.05, 0) is 51.4 Å². The summed E-state index contributed by atoms with van der Waals surface area (Å²) in [4.78, 5) is 12.7. The molecular formula is C16H26N2OS. The van der Waals surface area contributed by atoms with Crippen LogP contribution in [0.3, 0.4) is 0 Å². The summed E-state index contributed by atoms with van der Waals surface area (Å²) < 4.78 is 0. The second-order valence-corrected chi connectivity index (χ2v) is 6.30. The van der Waals surface area contributed by atoms with Crippen molar-refractivity contribution in [2.24, 2.45) is 0 Å². The Kier molecular flexibility index (Phi) is 7.70. The first-order chi connectivity index (χ1) is 9.52. The predicted molar refractivity (Wildman–Crippen MR) is 87.2 cm³/mol. The van der Waals surface area contributed by atoms with Crippen LogP contribution in [-0.2, 0) is 4.79 Å². The van der Waals surface area contributed by atoms with Gasteiger partial charge in [-0.3, -0.25) is 4.79 Å². The van der Waals surface area contributed by atoms with Gasteiger partial charge in [-0.15, -0.1) is 11.8 Å². The zero-order valence-electron chi connectivity index (χ0n) is 12.9. The molecule has 2 N–H and O–H groups in total. The van der Waals surface area contributed by atoms with Gasteiger partial charge in [0.1, 0.15) is 0 Å². The minimum Gasteiger partial charge on any atom is -0.353 e. The van der Waals surface area contributed by atoms with Crippen LogP contribution in [0.25, 0.3) is 0 Å². The van der Waals surface area contributed by atoms with Crippen LogP contribution >= 0.6 is 11.8 Å². The van der Waals surface area contributed by atoms with Crippen LogP contribution < -0.4 is 10.6 Å². The van der Waals surface area contributed by atoms with Gasteiger partial charge >= 0.3 is 0 Å². The van der Waals surface area contributed by atoms with E-state index < -0.39 is 0 Å². The van der Waals surface area contributed by atoms with E-state index in [9.17, 15) is 4.79 Å². The Labute approximate surface area is 126 Å². The first kappa shape index (κ1) is 17.1. The summed E-state index contributed by atoms with van der Waals surface area (Å²) in [5, 5.41) is 6.36. The van der Waals surface area contributed by atoms with E-state index in [1.165, 1.54) is 5.56 Å². The number of amides is 1. The Bertz CT molecular complexity index is 403. The average Bonchev–Trinajstić information content (AvgIpc) is 2.42. The molecule has 3 nitrogen and oxygen atoms in total. The number of thioether (sulfide) groups is 1. The lowest BCUT2D eigenvalue weighted by Crippen LogP contribution is -2.31. The fourth-order valence-electron chi connectivity index (χ4n) is 1.84. The van der Waals surface area contributed by atoms with Crippen molar-refractivity contribution in [1.82, 2.24) is 10.6 Å². The summed E-state index contributed by atoms with van der Waals surface area (Å²) in [5.41, 5.74) is 1.29. The van der Waals surface area contributed by atoms with Gasteiger partial charge in [0.25, 0.3) is 0 Å². The maximum absolute atomic E-state index is 11.6. The maximum Gasteiger partial charge on any atom is 0.230 e. The van der Waals surface area contributed by atoms with Crippen molar-refractivity contribution >= 4 is 17.7 Å². The smallest absolute Gasteiger partial charge is 0.230 e. The van der Waals surface area contributed by atoms with Crippen molar-refractivity contribution < 1.29 is 4.79 Å². The van der Waals surface area contributed by atoms with E-state index >= 15 is 0 Å². The van der Waals surface area contributed by atoms with Crippen LogP contribution in [0.1, 0.15) is 45.7 Å². The molecule has 0 fully saturated rings. The Hall–Kier alpha value is -1.00. The molecule has 0 aliphatic carbocycles. The summed E-state index contributed by atoms with van der Waals surface area (Å²) in [7, 11) is 0. The highest BCUT2D eigenvalue weighted by atomic mass is 32.2. The van der Waals surface area contributed by atoms with Crippen molar-refractivity contribution in [3.63, 3.8) is 0 Å². The summed E-state index contributed by atoms with van der Waals surface area (Å²) in [6.45, 7) is 9.33. The molecule has 0 bridgehead atoms. The van der Waals surface area contributed by atoms with Crippen LogP contribution in [0, 0.1) is 0 Å². The Balaban J connectivity index is 2.44. The SMILES string of the molecule is CCCNC(C)c1ccc(SCC(=O)NC(C)C)cc1. The number of hydrogen-bond acceptors (Lipinski definition) is 3. The topological polar surface area (TPSA) is 41.1 Å². The van der Waals surface area contributed by atoms with Gasteiger partial charge in [0, 0.05) is 17.0 Å². The molecule has 1 aromatic rings. The van der Waals surface area contributed by atoms with Gasteiger partial charge < -0.3 is 10.6 Å². The zero-order chi connectivity index (χ0) is 15.0. The minimum atomic E-state index is 0.0899. The number of nitrogens with one attached hydrogen (secondary N) is 2. The first-order valence-corrected chi connectivity index (χ1v) is 8.27. The molecule has 20 heavy (non-hydrogen) atoms. The second kappa shape index (κ2) is 9.03. The van der Waals surface area contributed by atoms with E-state index in [2.05, 4.69) is 48.7 Å². The normalized spacial score (nSPS) is 12.4. The predicted octanol–water partition coefficient (Wildman–Crippen LogP) is 3.36. The van der Waals surface area contributed by atoms with Crippen LogP contribution in [0.4, 0.5) is 0 Å². The molecule has 1 rings (SSSR count).